The molecule has 0 N–H and O–H groups in total. The molecule has 0 amide bonds. The number of hydrogen-bond donors (Lipinski definition) is 0. The summed E-state index contributed by atoms with van der Waals surface area (Å²) >= 11 is 0. The van der Waals surface area contributed by atoms with E-state index in [0.29, 0.717) is 0 Å². The van der Waals surface area contributed by atoms with Crippen molar-refractivity contribution >= 4 is 16.1 Å². The van der Waals surface area contributed by atoms with Gasteiger partial charge in [0.2, 0.25) is 0 Å². The van der Waals surface area contributed by atoms with E-state index in [4.69, 9.17) is 4.74 Å². The minimum atomic E-state index is -3.75. The van der Waals surface area contributed by atoms with Crippen molar-refractivity contribution in [1.29, 1.82) is 0 Å². The number of benzene rings is 2. The number of rotatable bonds is 5. The van der Waals surface area contributed by atoms with E-state index in [0.717, 1.165) is 12.7 Å². The van der Waals surface area contributed by atoms with Gasteiger partial charge in [0.05, 0.1) is 17.6 Å². The van der Waals surface area contributed by atoms with Crippen molar-refractivity contribution in [2.45, 2.75) is 11.5 Å². The molecule has 0 aromatic heterocycles. The Balaban J connectivity index is 2.04. The molecule has 0 heterocycles. The highest BCUT2D eigenvalue weighted by molar-refractivity contribution is 7.86. The van der Waals surface area contributed by atoms with Crippen molar-refractivity contribution in [2.24, 2.45) is 0 Å². The van der Waals surface area contributed by atoms with E-state index in [-0.39, 0.29) is 17.1 Å². The van der Waals surface area contributed by atoms with Gasteiger partial charge in [-0.3, -0.25) is 4.18 Å². The predicted octanol–water partition coefficient (Wildman–Crippen LogP) is 2.38. The van der Waals surface area contributed by atoms with Gasteiger partial charge in [0.15, 0.2) is 0 Å². The Morgan fingerprint density at radius 2 is 1.62 bits per heavy atom. The maximum absolute atomic E-state index is 11.8. The van der Waals surface area contributed by atoms with Crippen LogP contribution in [0.2, 0.25) is 0 Å². The van der Waals surface area contributed by atoms with Gasteiger partial charge in [-0.05, 0) is 29.8 Å². The Bertz CT molecular complexity index is 705. The molecular weight excluding hydrogens is 292 g/mol. The van der Waals surface area contributed by atoms with Crippen LogP contribution in [0.25, 0.3) is 0 Å². The molecule has 5 nitrogen and oxygen atoms in total. The average Bonchev–Trinajstić information content (AvgIpc) is 2.53. The van der Waals surface area contributed by atoms with Crippen LogP contribution in [0, 0.1) is 0 Å². The van der Waals surface area contributed by atoms with Crippen LogP contribution in [0.4, 0.5) is 0 Å². The molecule has 0 aliphatic rings. The minimum Gasteiger partial charge on any atom is -0.457 e. The lowest BCUT2D eigenvalue weighted by Gasteiger charge is -2.06. The zero-order chi connectivity index (χ0) is 15.3. The molecule has 0 fully saturated rings. The molecule has 0 unspecified atom stereocenters. The molecule has 110 valence electrons. The first kappa shape index (κ1) is 15.2. The van der Waals surface area contributed by atoms with Gasteiger partial charge in [0, 0.05) is 0 Å². The van der Waals surface area contributed by atoms with Gasteiger partial charge in [-0.1, -0.05) is 30.3 Å². The van der Waals surface area contributed by atoms with E-state index in [2.05, 4.69) is 4.18 Å². The smallest absolute Gasteiger partial charge is 0.338 e. The minimum absolute atomic E-state index is 0.00962. The Morgan fingerprint density at radius 1 is 1.00 bits per heavy atom. The number of esters is 1. The van der Waals surface area contributed by atoms with E-state index >= 15 is 0 Å². The van der Waals surface area contributed by atoms with Crippen molar-refractivity contribution in [3.8, 4) is 0 Å². The van der Waals surface area contributed by atoms with Crippen molar-refractivity contribution in [3.63, 3.8) is 0 Å². The first-order valence-corrected chi connectivity index (χ1v) is 7.55. The van der Waals surface area contributed by atoms with Crippen LogP contribution >= 0.6 is 0 Å². The fourth-order valence-electron chi connectivity index (χ4n) is 1.66. The fourth-order valence-corrected chi connectivity index (χ4v) is 2.32. The zero-order valence-electron chi connectivity index (χ0n) is 11.4. The Morgan fingerprint density at radius 3 is 2.19 bits per heavy atom. The van der Waals surface area contributed by atoms with Crippen LogP contribution in [0.15, 0.2) is 59.5 Å². The lowest BCUT2D eigenvalue weighted by atomic mass is 10.2. The largest absolute Gasteiger partial charge is 0.457 e. The molecule has 2 aromatic carbocycles. The summed E-state index contributed by atoms with van der Waals surface area (Å²) < 4.78 is 32.4. The maximum Gasteiger partial charge on any atom is 0.338 e. The van der Waals surface area contributed by atoms with Gasteiger partial charge in [-0.2, -0.15) is 8.42 Å². The summed E-state index contributed by atoms with van der Waals surface area (Å²) in [6.45, 7) is 0.164. The summed E-state index contributed by atoms with van der Waals surface area (Å²) in [4.78, 5) is 11.8. The number of ether oxygens (including phenoxy) is 1. The summed E-state index contributed by atoms with van der Waals surface area (Å²) in [5.41, 5.74) is 1.16. The average molecular weight is 306 g/mol. The Labute approximate surface area is 123 Å². The molecule has 0 radical (unpaired) electrons. The topological polar surface area (TPSA) is 69.7 Å². The predicted molar refractivity (Wildman–Crippen MR) is 76.2 cm³/mol. The van der Waals surface area contributed by atoms with Crippen LogP contribution in [0.3, 0.4) is 0 Å². The summed E-state index contributed by atoms with van der Waals surface area (Å²) in [5, 5.41) is 0. The van der Waals surface area contributed by atoms with Crippen molar-refractivity contribution < 1.29 is 22.1 Å². The summed E-state index contributed by atoms with van der Waals surface area (Å²) in [5.74, 6) is -0.514. The molecule has 21 heavy (non-hydrogen) atoms. The second-order valence-electron chi connectivity index (χ2n) is 4.21. The molecule has 6 heteroatoms. The highest BCUT2D eigenvalue weighted by Crippen LogP contribution is 2.14. The van der Waals surface area contributed by atoms with E-state index in [1.165, 1.54) is 24.3 Å². The SMILES string of the molecule is COS(=O)(=O)c1ccc(C(=O)OCc2ccccc2)cc1. The van der Waals surface area contributed by atoms with E-state index in [1.54, 1.807) is 0 Å². The van der Waals surface area contributed by atoms with Crippen molar-refractivity contribution in [1.82, 2.24) is 0 Å². The molecule has 0 spiro atoms. The molecule has 0 aliphatic carbocycles. The normalized spacial score (nSPS) is 11.1. The highest BCUT2D eigenvalue weighted by Gasteiger charge is 2.14. The summed E-state index contributed by atoms with van der Waals surface area (Å²) in [7, 11) is -2.67. The molecule has 0 aliphatic heterocycles. The van der Waals surface area contributed by atoms with Gasteiger partial charge in [0.25, 0.3) is 10.1 Å². The number of hydrogen-bond acceptors (Lipinski definition) is 5. The number of carbonyl (C=O) groups is 1. The van der Waals surface area contributed by atoms with E-state index in [9.17, 15) is 13.2 Å². The summed E-state index contributed by atoms with van der Waals surface area (Å²) in [6, 6.07) is 14.7. The standard InChI is InChI=1S/C15H14O5S/c1-19-21(17,18)14-9-7-13(8-10-14)15(16)20-11-12-5-3-2-4-6-12/h2-10H,11H2,1H3. The molecule has 0 saturated carbocycles. The monoisotopic (exact) mass is 306 g/mol. The molecular formula is C15H14O5S. The van der Waals surface area contributed by atoms with Gasteiger partial charge in [-0.25, -0.2) is 4.79 Å². The second kappa shape index (κ2) is 6.51. The Hall–Kier alpha value is -2.18. The molecule has 2 aromatic rings. The third-order valence-corrected chi connectivity index (χ3v) is 4.10. The van der Waals surface area contributed by atoms with Gasteiger partial charge >= 0.3 is 5.97 Å². The quantitative estimate of drug-likeness (QED) is 0.626. The van der Waals surface area contributed by atoms with Gasteiger partial charge in [-0.15, -0.1) is 0 Å². The fraction of sp³-hybridized carbons (Fsp3) is 0.133. The van der Waals surface area contributed by atoms with Crippen LogP contribution in [-0.2, 0) is 25.6 Å². The molecule has 0 atom stereocenters. The molecule has 2 rings (SSSR count). The molecule has 0 bridgehead atoms. The molecule has 0 saturated heterocycles. The third kappa shape index (κ3) is 3.90. The van der Waals surface area contributed by atoms with Gasteiger partial charge < -0.3 is 4.74 Å². The van der Waals surface area contributed by atoms with Crippen LogP contribution in [-0.4, -0.2) is 21.5 Å². The maximum atomic E-state index is 11.8. The van der Waals surface area contributed by atoms with Crippen LogP contribution in [0.1, 0.15) is 15.9 Å². The van der Waals surface area contributed by atoms with E-state index in [1.807, 2.05) is 30.3 Å². The summed E-state index contributed by atoms with van der Waals surface area (Å²) in [6.07, 6.45) is 0. The van der Waals surface area contributed by atoms with Crippen LogP contribution in [0.5, 0.6) is 0 Å². The van der Waals surface area contributed by atoms with Crippen molar-refractivity contribution in [2.75, 3.05) is 7.11 Å². The Kier molecular flexibility index (Phi) is 4.72. The number of carbonyl (C=O) groups excluding carboxylic acids is 1. The van der Waals surface area contributed by atoms with E-state index < -0.39 is 16.1 Å². The zero-order valence-corrected chi connectivity index (χ0v) is 12.2. The van der Waals surface area contributed by atoms with Crippen LogP contribution < -0.4 is 0 Å². The second-order valence-corrected chi connectivity index (χ2v) is 5.92. The lowest BCUT2D eigenvalue weighted by Crippen LogP contribution is -2.07. The first-order valence-electron chi connectivity index (χ1n) is 6.14. The lowest BCUT2D eigenvalue weighted by molar-refractivity contribution is 0.0472. The first-order chi connectivity index (χ1) is 10.0. The van der Waals surface area contributed by atoms with Crippen molar-refractivity contribution in [3.05, 3.63) is 65.7 Å². The van der Waals surface area contributed by atoms with Gasteiger partial charge in [0.1, 0.15) is 6.61 Å². The third-order valence-electron chi connectivity index (χ3n) is 2.81. The highest BCUT2D eigenvalue weighted by atomic mass is 32.2.